The van der Waals surface area contributed by atoms with E-state index in [1.165, 1.54) is 23.1 Å². The topological polar surface area (TPSA) is 128 Å². The Morgan fingerprint density at radius 1 is 0.860 bits per heavy atom. The van der Waals surface area contributed by atoms with Crippen LogP contribution < -0.4 is 30.2 Å². The summed E-state index contributed by atoms with van der Waals surface area (Å²) in [4.78, 5) is 45.0. The van der Waals surface area contributed by atoms with Gasteiger partial charge in [-0.1, -0.05) is 36.4 Å². The van der Waals surface area contributed by atoms with Crippen molar-refractivity contribution >= 4 is 57.7 Å². The maximum absolute atomic E-state index is 13.5. The van der Waals surface area contributed by atoms with E-state index in [1.807, 2.05) is 73.8 Å². The smallest absolute Gasteiger partial charge is 0.272 e. The molecule has 0 aliphatic rings. The normalized spacial score (nSPS) is 11.6. The van der Waals surface area contributed by atoms with Crippen LogP contribution in [0.1, 0.15) is 29.8 Å². The van der Waals surface area contributed by atoms with Crippen LogP contribution in [0.25, 0.3) is 17.3 Å². The SMILES string of the molecule is CCOc1ccccc1/C=C(\NC(=O)c1ccccc1)C(=O)Nc1ccc(SC(C)C(=O)Nc2nc(-c3ccc(OC)c(OC)c3)cs2)cc1. The van der Waals surface area contributed by atoms with Gasteiger partial charge in [-0.3, -0.25) is 14.4 Å². The molecule has 0 aliphatic carbocycles. The summed E-state index contributed by atoms with van der Waals surface area (Å²) in [7, 11) is 3.15. The van der Waals surface area contributed by atoms with E-state index in [0.29, 0.717) is 51.5 Å². The van der Waals surface area contributed by atoms with Gasteiger partial charge in [-0.05, 0) is 80.6 Å². The van der Waals surface area contributed by atoms with Crippen LogP contribution in [0.15, 0.2) is 113 Å². The summed E-state index contributed by atoms with van der Waals surface area (Å²) in [5, 5.41) is 10.4. The first-order valence-electron chi connectivity index (χ1n) is 15.6. The second kappa shape index (κ2) is 17.2. The molecule has 1 unspecified atom stereocenters. The molecule has 3 N–H and O–H groups in total. The Bertz CT molecular complexity index is 1980. The number of nitrogens with zero attached hydrogens (tertiary/aromatic N) is 1. The molecule has 12 heteroatoms. The Labute approximate surface area is 298 Å². The molecule has 4 aromatic carbocycles. The molecule has 0 aliphatic heterocycles. The standard InChI is InChI=1S/C38H36N4O6S2/c1-5-48-32-14-10-9-13-27(32)21-30(40-36(44)25-11-7-6-8-12-25)37(45)39-28-16-18-29(19-17-28)50-24(2)35(43)42-38-41-31(23-49-38)26-15-20-33(46-3)34(22-26)47-4/h6-24H,5H2,1-4H3,(H,39,45)(H,40,44)(H,41,42,43)/b30-21-. The molecular weight excluding hydrogens is 673 g/mol. The monoisotopic (exact) mass is 708 g/mol. The highest BCUT2D eigenvalue weighted by Crippen LogP contribution is 2.34. The van der Waals surface area contributed by atoms with Crippen molar-refractivity contribution < 1.29 is 28.6 Å². The van der Waals surface area contributed by atoms with E-state index < -0.39 is 17.1 Å². The first-order chi connectivity index (χ1) is 24.3. The summed E-state index contributed by atoms with van der Waals surface area (Å²) in [5.74, 6) is 0.669. The number of hydrogen-bond acceptors (Lipinski definition) is 9. The number of thioether (sulfide) groups is 1. The predicted molar refractivity (Wildman–Crippen MR) is 199 cm³/mol. The molecule has 50 heavy (non-hydrogen) atoms. The lowest BCUT2D eigenvalue weighted by atomic mass is 10.1. The van der Waals surface area contributed by atoms with Crippen LogP contribution in [-0.2, 0) is 9.59 Å². The van der Waals surface area contributed by atoms with Crippen LogP contribution in [-0.4, -0.2) is 48.8 Å². The summed E-state index contributed by atoms with van der Waals surface area (Å²) in [5.41, 5.74) is 3.16. The number of ether oxygens (including phenoxy) is 3. The second-order valence-electron chi connectivity index (χ2n) is 10.7. The molecule has 0 bridgehead atoms. The van der Waals surface area contributed by atoms with Gasteiger partial charge in [0.25, 0.3) is 11.8 Å². The summed E-state index contributed by atoms with van der Waals surface area (Å²) in [6, 6.07) is 28.6. The van der Waals surface area contributed by atoms with Gasteiger partial charge >= 0.3 is 0 Å². The summed E-state index contributed by atoms with van der Waals surface area (Å²) >= 11 is 2.70. The molecular formula is C38H36N4O6S2. The number of nitrogens with one attached hydrogen (secondary N) is 3. The number of anilines is 2. The summed E-state index contributed by atoms with van der Waals surface area (Å²) in [6.45, 7) is 4.13. The van der Waals surface area contributed by atoms with Crippen molar-refractivity contribution in [1.82, 2.24) is 10.3 Å². The maximum atomic E-state index is 13.5. The van der Waals surface area contributed by atoms with Crippen molar-refractivity contribution in [1.29, 1.82) is 0 Å². The van der Waals surface area contributed by atoms with Crippen LogP contribution >= 0.6 is 23.1 Å². The molecule has 0 radical (unpaired) electrons. The molecule has 5 rings (SSSR count). The van der Waals surface area contributed by atoms with Gasteiger partial charge in [-0.15, -0.1) is 23.1 Å². The lowest BCUT2D eigenvalue weighted by Gasteiger charge is -2.14. The Morgan fingerprint density at radius 3 is 2.30 bits per heavy atom. The third kappa shape index (κ3) is 9.30. The fourth-order valence-electron chi connectivity index (χ4n) is 4.72. The largest absolute Gasteiger partial charge is 0.493 e. The van der Waals surface area contributed by atoms with Crippen LogP contribution in [0.2, 0.25) is 0 Å². The first-order valence-corrected chi connectivity index (χ1v) is 17.4. The number of rotatable bonds is 14. The minimum absolute atomic E-state index is 0.0474. The Balaban J connectivity index is 1.23. The average Bonchev–Trinajstić information content (AvgIpc) is 3.61. The third-order valence-electron chi connectivity index (χ3n) is 7.26. The van der Waals surface area contributed by atoms with Gasteiger partial charge in [0.2, 0.25) is 5.91 Å². The molecule has 0 saturated carbocycles. The van der Waals surface area contributed by atoms with E-state index in [-0.39, 0.29) is 11.6 Å². The van der Waals surface area contributed by atoms with Gasteiger partial charge in [0.15, 0.2) is 16.6 Å². The summed E-state index contributed by atoms with van der Waals surface area (Å²) < 4.78 is 16.4. The number of aromatic nitrogens is 1. The number of carbonyl (C=O) groups excluding carboxylic acids is 3. The fourth-order valence-corrected chi connectivity index (χ4v) is 6.31. The highest BCUT2D eigenvalue weighted by Gasteiger charge is 2.19. The van der Waals surface area contributed by atoms with Crippen molar-refractivity contribution in [3.05, 3.63) is 119 Å². The van der Waals surface area contributed by atoms with Crippen molar-refractivity contribution in [3.63, 3.8) is 0 Å². The molecule has 0 spiro atoms. The van der Waals surface area contributed by atoms with Crippen LogP contribution in [0.3, 0.4) is 0 Å². The Kier molecular flexibility index (Phi) is 12.3. The number of carbonyl (C=O) groups is 3. The highest BCUT2D eigenvalue weighted by molar-refractivity contribution is 8.00. The maximum Gasteiger partial charge on any atom is 0.272 e. The zero-order chi connectivity index (χ0) is 35.5. The van der Waals surface area contributed by atoms with E-state index in [1.54, 1.807) is 62.8 Å². The van der Waals surface area contributed by atoms with Crippen molar-refractivity contribution in [2.24, 2.45) is 0 Å². The summed E-state index contributed by atoms with van der Waals surface area (Å²) in [6.07, 6.45) is 1.59. The van der Waals surface area contributed by atoms with E-state index in [0.717, 1.165) is 10.5 Å². The van der Waals surface area contributed by atoms with Crippen LogP contribution in [0.4, 0.5) is 10.8 Å². The van der Waals surface area contributed by atoms with Gasteiger partial charge in [-0.25, -0.2) is 4.98 Å². The van der Waals surface area contributed by atoms with Crippen molar-refractivity contribution in [2.45, 2.75) is 24.0 Å². The molecule has 1 heterocycles. The van der Waals surface area contributed by atoms with Crippen molar-refractivity contribution in [3.8, 4) is 28.5 Å². The minimum atomic E-state index is -0.510. The molecule has 0 fully saturated rings. The lowest BCUT2D eigenvalue weighted by molar-refractivity contribution is -0.115. The Hall–Kier alpha value is -5.59. The lowest BCUT2D eigenvalue weighted by Crippen LogP contribution is -2.30. The van der Waals surface area contributed by atoms with Gasteiger partial charge in [0.1, 0.15) is 11.4 Å². The van der Waals surface area contributed by atoms with Gasteiger partial charge < -0.3 is 30.2 Å². The third-order valence-corrected chi connectivity index (χ3v) is 9.13. The van der Waals surface area contributed by atoms with Crippen LogP contribution in [0, 0.1) is 0 Å². The average molecular weight is 709 g/mol. The number of thiazole rings is 1. The fraction of sp³-hybridized carbons (Fsp3) is 0.158. The number of amides is 3. The number of para-hydroxylation sites is 1. The zero-order valence-electron chi connectivity index (χ0n) is 27.9. The van der Waals surface area contributed by atoms with Crippen LogP contribution in [0.5, 0.6) is 17.2 Å². The zero-order valence-corrected chi connectivity index (χ0v) is 29.5. The molecule has 0 saturated heterocycles. The highest BCUT2D eigenvalue weighted by atomic mass is 32.2. The number of methoxy groups -OCH3 is 2. The van der Waals surface area contributed by atoms with E-state index in [9.17, 15) is 14.4 Å². The predicted octanol–water partition coefficient (Wildman–Crippen LogP) is 7.75. The molecule has 3 amide bonds. The number of hydrogen-bond donors (Lipinski definition) is 3. The molecule has 1 atom stereocenters. The molecule has 1 aromatic heterocycles. The number of benzene rings is 4. The molecule has 256 valence electrons. The minimum Gasteiger partial charge on any atom is -0.493 e. The molecule has 10 nitrogen and oxygen atoms in total. The molecule has 5 aromatic rings. The first kappa shape index (κ1) is 35.7. The van der Waals surface area contributed by atoms with Crippen molar-refractivity contribution in [2.75, 3.05) is 31.5 Å². The van der Waals surface area contributed by atoms with E-state index in [2.05, 4.69) is 20.9 Å². The quantitative estimate of drug-likeness (QED) is 0.0790. The van der Waals surface area contributed by atoms with Gasteiger partial charge in [0.05, 0.1) is 31.8 Å². The second-order valence-corrected chi connectivity index (χ2v) is 13.0. The van der Waals surface area contributed by atoms with E-state index in [4.69, 9.17) is 14.2 Å². The van der Waals surface area contributed by atoms with Gasteiger partial charge in [-0.2, -0.15) is 0 Å². The van der Waals surface area contributed by atoms with E-state index >= 15 is 0 Å². The van der Waals surface area contributed by atoms with Gasteiger partial charge in [0, 0.05) is 32.7 Å². The Morgan fingerprint density at radius 2 is 1.58 bits per heavy atom.